The van der Waals surface area contributed by atoms with Crippen LogP contribution in [0.15, 0.2) is 59.1 Å². The zero-order valence-corrected chi connectivity index (χ0v) is 10.1. The summed E-state index contributed by atoms with van der Waals surface area (Å²) in [5, 5.41) is 0. The number of aliphatic imine (C=N–C) groups is 1. The van der Waals surface area contributed by atoms with Crippen LogP contribution in [0, 0.1) is 0 Å². The quantitative estimate of drug-likeness (QED) is 0.757. The molecule has 0 spiro atoms. The van der Waals surface area contributed by atoms with Crippen LogP contribution in [0.1, 0.15) is 5.56 Å². The van der Waals surface area contributed by atoms with Crippen LogP contribution in [0.3, 0.4) is 0 Å². The minimum absolute atomic E-state index is 0.871. The van der Waals surface area contributed by atoms with Crippen molar-refractivity contribution in [2.24, 2.45) is 4.99 Å². The molecule has 1 aromatic carbocycles. The largest absolute Gasteiger partial charge is 0.497 e. The van der Waals surface area contributed by atoms with Crippen molar-refractivity contribution < 1.29 is 4.74 Å². The summed E-state index contributed by atoms with van der Waals surface area (Å²) in [7, 11) is 3.48. The Kier molecular flexibility index (Phi) is 3.55. The highest BCUT2D eigenvalue weighted by Crippen LogP contribution is 2.16. The first-order chi connectivity index (χ1) is 8.33. The lowest BCUT2D eigenvalue weighted by Crippen LogP contribution is -1.99. The average Bonchev–Trinajstić information content (AvgIpc) is 2.40. The SMILES string of the molecule is CN=C1C=CC=C/C1=C\c1ccc(OC)cc1. The summed E-state index contributed by atoms with van der Waals surface area (Å²) in [5.41, 5.74) is 3.27. The summed E-state index contributed by atoms with van der Waals surface area (Å²) in [4.78, 5) is 4.24. The fourth-order valence-electron chi connectivity index (χ4n) is 1.69. The molecule has 0 atom stereocenters. The van der Waals surface area contributed by atoms with Crippen LogP contribution in [-0.4, -0.2) is 19.9 Å². The highest BCUT2D eigenvalue weighted by Gasteiger charge is 2.02. The Morgan fingerprint density at radius 2 is 1.76 bits per heavy atom. The first-order valence-corrected chi connectivity index (χ1v) is 5.51. The summed E-state index contributed by atoms with van der Waals surface area (Å²) in [6.45, 7) is 0. The van der Waals surface area contributed by atoms with Crippen molar-refractivity contribution in [1.29, 1.82) is 0 Å². The van der Waals surface area contributed by atoms with Gasteiger partial charge in [-0.1, -0.05) is 30.4 Å². The molecule has 86 valence electrons. The maximum atomic E-state index is 5.13. The van der Waals surface area contributed by atoms with Gasteiger partial charge in [0.1, 0.15) is 5.75 Å². The molecule has 1 aromatic rings. The van der Waals surface area contributed by atoms with Gasteiger partial charge >= 0.3 is 0 Å². The Balaban J connectivity index is 2.29. The van der Waals surface area contributed by atoms with Crippen molar-refractivity contribution in [3.05, 3.63) is 59.7 Å². The third-order valence-corrected chi connectivity index (χ3v) is 2.62. The zero-order chi connectivity index (χ0) is 12.1. The number of methoxy groups -OCH3 is 1. The third-order valence-electron chi connectivity index (χ3n) is 2.62. The van der Waals surface area contributed by atoms with E-state index >= 15 is 0 Å². The van der Waals surface area contributed by atoms with Crippen LogP contribution in [0.2, 0.25) is 0 Å². The van der Waals surface area contributed by atoms with Gasteiger partial charge in [0.25, 0.3) is 0 Å². The van der Waals surface area contributed by atoms with Gasteiger partial charge in [0.15, 0.2) is 0 Å². The van der Waals surface area contributed by atoms with Crippen LogP contribution in [-0.2, 0) is 0 Å². The topological polar surface area (TPSA) is 21.6 Å². The van der Waals surface area contributed by atoms with E-state index in [-0.39, 0.29) is 0 Å². The number of nitrogens with zero attached hydrogens (tertiary/aromatic N) is 1. The van der Waals surface area contributed by atoms with Crippen molar-refractivity contribution in [3.8, 4) is 5.75 Å². The number of hydrogen-bond donors (Lipinski definition) is 0. The Morgan fingerprint density at radius 3 is 2.41 bits per heavy atom. The molecule has 0 saturated carbocycles. The maximum Gasteiger partial charge on any atom is 0.118 e. The van der Waals surface area contributed by atoms with E-state index in [0.29, 0.717) is 0 Å². The highest BCUT2D eigenvalue weighted by molar-refractivity contribution is 6.14. The molecule has 0 amide bonds. The molecule has 1 aliphatic rings. The van der Waals surface area contributed by atoms with Gasteiger partial charge in [-0.2, -0.15) is 0 Å². The molecule has 0 aliphatic heterocycles. The summed E-state index contributed by atoms with van der Waals surface area (Å²) in [6, 6.07) is 7.98. The van der Waals surface area contributed by atoms with Gasteiger partial charge in [0.05, 0.1) is 12.8 Å². The van der Waals surface area contributed by atoms with Crippen LogP contribution in [0.25, 0.3) is 6.08 Å². The highest BCUT2D eigenvalue weighted by atomic mass is 16.5. The molecule has 2 nitrogen and oxygen atoms in total. The molecule has 0 bridgehead atoms. The molecule has 0 fully saturated rings. The molecule has 0 unspecified atom stereocenters. The minimum atomic E-state index is 0.871. The van der Waals surface area contributed by atoms with Gasteiger partial charge < -0.3 is 4.74 Å². The molecule has 2 rings (SSSR count). The lowest BCUT2D eigenvalue weighted by atomic mass is 10.0. The Labute approximate surface area is 102 Å². The van der Waals surface area contributed by atoms with Gasteiger partial charge in [-0.05, 0) is 29.8 Å². The molecule has 0 radical (unpaired) electrons. The number of hydrogen-bond acceptors (Lipinski definition) is 2. The van der Waals surface area contributed by atoms with E-state index in [9.17, 15) is 0 Å². The number of ether oxygens (including phenoxy) is 1. The lowest BCUT2D eigenvalue weighted by molar-refractivity contribution is 0.415. The molecule has 1 aliphatic carbocycles. The Bertz CT molecular complexity index is 504. The van der Waals surface area contributed by atoms with E-state index < -0.39 is 0 Å². The summed E-state index contributed by atoms with van der Waals surface area (Å²) in [6.07, 6.45) is 10.2. The second-order valence-electron chi connectivity index (χ2n) is 3.70. The van der Waals surface area contributed by atoms with Crippen LogP contribution in [0.4, 0.5) is 0 Å². The standard InChI is InChI=1S/C15H15NO/c1-16-15-6-4-3-5-13(15)11-12-7-9-14(17-2)10-8-12/h3-11H,1-2H3/b13-11+,16-15?. The van der Waals surface area contributed by atoms with E-state index in [4.69, 9.17) is 4.74 Å². The van der Waals surface area contributed by atoms with Crippen molar-refractivity contribution in [2.75, 3.05) is 14.2 Å². The smallest absolute Gasteiger partial charge is 0.118 e. The monoisotopic (exact) mass is 225 g/mol. The van der Waals surface area contributed by atoms with Crippen LogP contribution in [0.5, 0.6) is 5.75 Å². The van der Waals surface area contributed by atoms with Crippen molar-refractivity contribution in [3.63, 3.8) is 0 Å². The van der Waals surface area contributed by atoms with Crippen molar-refractivity contribution in [2.45, 2.75) is 0 Å². The molecule has 2 heteroatoms. The number of allylic oxidation sites excluding steroid dienone is 5. The van der Waals surface area contributed by atoms with Gasteiger partial charge in [0.2, 0.25) is 0 Å². The zero-order valence-electron chi connectivity index (χ0n) is 10.1. The normalized spacial score (nSPS) is 18.9. The fourth-order valence-corrected chi connectivity index (χ4v) is 1.69. The Morgan fingerprint density at radius 1 is 1.06 bits per heavy atom. The van der Waals surface area contributed by atoms with Crippen LogP contribution < -0.4 is 4.74 Å². The van der Waals surface area contributed by atoms with E-state index in [2.05, 4.69) is 17.1 Å². The summed E-state index contributed by atoms with van der Waals surface area (Å²) >= 11 is 0. The second kappa shape index (κ2) is 5.30. The van der Waals surface area contributed by atoms with Gasteiger partial charge in [0, 0.05) is 12.6 Å². The van der Waals surface area contributed by atoms with Crippen molar-refractivity contribution >= 4 is 11.8 Å². The minimum Gasteiger partial charge on any atom is -0.497 e. The summed E-state index contributed by atoms with van der Waals surface area (Å²) < 4.78 is 5.13. The number of benzene rings is 1. The van der Waals surface area contributed by atoms with E-state index in [1.807, 2.05) is 42.5 Å². The van der Waals surface area contributed by atoms with Gasteiger partial charge in [-0.3, -0.25) is 4.99 Å². The Hall–Kier alpha value is -2.09. The van der Waals surface area contributed by atoms with Crippen LogP contribution >= 0.6 is 0 Å². The molecule has 0 saturated heterocycles. The summed E-state index contributed by atoms with van der Waals surface area (Å²) in [5.74, 6) is 0.871. The van der Waals surface area contributed by atoms with Gasteiger partial charge in [-0.15, -0.1) is 0 Å². The molecular weight excluding hydrogens is 210 g/mol. The lowest BCUT2D eigenvalue weighted by Gasteiger charge is -2.06. The predicted molar refractivity (Wildman–Crippen MR) is 72.6 cm³/mol. The molecular formula is C15H15NO. The predicted octanol–water partition coefficient (Wildman–Crippen LogP) is 3.28. The first kappa shape index (κ1) is 11.4. The first-order valence-electron chi connectivity index (χ1n) is 5.51. The van der Waals surface area contributed by atoms with E-state index in [1.165, 1.54) is 0 Å². The van der Waals surface area contributed by atoms with E-state index in [0.717, 1.165) is 22.6 Å². The molecule has 0 N–H and O–H groups in total. The molecule has 0 aromatic heterocycles. The van der Waals surface area contributed by atoms with E-state index in [1.54, 1.807) is 14.2 Å². The molecule has 17 heavy (non-hydrogen) atoms. The van der Waals surface area contributed by atoms with Gasteiger partial charge in [-0.25, -0.2) is 0 Å². The molecule has 0 heterocycles. The van der Waals surface area contributed by atoms with Crippen molar-refractivity contribution in [1.82, 2.24) is 0 Å². The maximum absolute atomic E-state index is 5.13. The third kappa shape index (κ3) is 2.72. The average molecular weight is 225 g/mol. The fraction of sp³-hybridized carbons (Fsp3) is 0.133. The second-order valence-corrected chi connectivity index (χ2v) is 3.70. The number of rotatable bonds is 2.